The number of amides is 2. The van der Waals surface area contributed by atoms with E-state index in [1.165, 1.54) is 6.08 Å². The van der Waals surface area contributed by atoms with Crippen molar-refractivity contribution in [1.29, 1.82) is 0 Å². The number of hydrogen-bond donors (Lipinski definition) is 3. The molecule has 1 atom stereocenters. The molecule has 0 spiro atoms. The molecular formula is C32H42N6O2. The molecule has 212 valence electrons. The highest BCUT2D eigenvalue weighted by Crippen LogP contribution is 2.24. The number of carbonyl (C=O) groups is 2. The zero-order valence-electron chi connectivity index (χ0n) is 24.4. The Morgan fingerprint density at radius 1 is 0.975 bits per heavy atom. The predicted molar refractivity (Wildman–Crippen MR) is 164 cm³/mol. The van der Waals surface area contributed by atoms with Crippen molar-refractivity contribution in [3.63, 3.8) is 0 Å². The second-order valence-electron chi connectivity index (χ2n) is 10.4. The quantitative estimate of drug-likeness (QED) is 0.234. The van der Waals surface area contributed by atoms with E-state index < -0.39 is 0 Å². The SMILES string of the molecule is CCNc1nc(-c2ccc(NC(=O)/C=C/c3cccnc3)cc2)ccc1C(=O)NC(C)CCN(C(C)C)C(C)C. The van der Waals surface area contributed by atoms with Gasteiger partial charge in [0.25, 0.3) is 5.91 Å². The Labute approximate surface area is 238 Å². The highest BCUT2D eigenvalue weighted by molar-refractivity contribution is 6.02. The maximum atomic E-state index is 13.1. The van der Waals surface area contributed by atoms with Crippen LogP contribution in [0.25, 0.3) is 17.3 Å². The number of pyridine rings is 2. The van der Waals surface area contributed by atoms with Crippen LogP contribution in [0.5, 0.6) is 0 Å². The molecule has 3 N–H and O–H groups in total. The second-order valence-corrected chi connectivity index (χ2v) is 10.4. The average Bonchev–Trinajstić information content (AvgIpc) is 2.92. The molecule has 8 heteroatoms. The molecule has 2 aromatic heterocycles. The molecule has 3 aromatic rings. The van der Waals surface area contributed by atoms with Crippen molar-refractivity contribution in [2.45, 2.75) is 66.1 Å². The number of aromatic nitrogens is 2. The van der Waals surface area contributed by atoms with Gasteiger partial charge in [0.1, 0.15) is 5.82 Å². The smallest absolute Gasteiger partial charge is 0.255 e. The van der Waals surface area contributed by atoms with E-state index >= 15 is 0 Å². The van der Waals surface area contributed by atoms with Gasteiger partial charge in [0.05, 0.1) is 11.3 Å². The molecule has 1 unspecified atom stereocenters. The second kappa shape index (κ2) is 14.9. The van der Waals surface area contributed by atoms with E-state index in [0.29, 0.717) is 35.7 Å². The topological polar surface area (TPSA) is 99.2 Å². The molecule has 40 heavy (non-hydrogen) atoms. The van der Waals surface area contributed by atoms with Crippen LogP contribution in [0.2, 0.25) is 0 Å². The molecule has 0 aliphatic heterocycles. The normalized spacial score (nSPS) is 12.2. The van der Waals surface area contributed by atoms with Crippen LogP contribution in [0, 0.1) is 0 Å². The summed E-state index contributed by atoms with van der Waals surface area (Å²) in [6.45, 7) is 14.4. The minimum absolute atomic E-state index is 0.0311. The van der Waals surface area contributed by atoms with E-state index in [4.69, 9.17) is 4.98 Å². The Morgan fingerprint density at radius 3 is 2.33 bits per heavy atom. The highest BCUT2D eigenvalue weighted by atomic mass is 16.2. The van der Waals surface area contributed by atoms with E-state index in [9.17, 15) is 9.59 Å². The standard InChI is InChI=1S/C32H42N6O2/c1-7-34-31-28(32(40)35-24(6)18-20-38(22(2)3)23(4)5)15-16-29(37-31)26-11-13-27(14-12-26)36-30(39)17-10-25-9-8-19-33-21-25/h8-17,19,21-24H,7,18,20H2,1-6H3,(H,34,37)(H,35,40)(H,36,39)/b17-10+. The van der Waals surface area contributed by atoms with Crippen LogP contribution in [0.4, 0.5) is 11.5 Å². The summed E-state index contributed by atoms with van der Waals surface area (Å²) in [7, 11) is 0. The van der Waals surface area contributed by atoms with Gasteiger partial charge < -0.3 is 16.0 Å². The van der Waals surface area contributed by atoms with Gasteiger partial charge in [0.15, 0.2) is 0 Å². The maximum Gasteiger partial charge on any atom is 0.255 e. The maximum absolute atomic E-state index is 13.1. The lowest BCUT2D eigenvalue weighted by Crippen LogP contribution is -2.41. The zero-order valence-corrected chi connectivity index (χ0v) is 24.4. The lowest BCUT2D eigenvalue weighted by molar-refractivity contribution is -0.111. The molecule has 1 aromatic carbocycles. The van der Waals surface area contributed by atoms with Crippen molar-refractivity contribution in [2.24, 2.45) is 0 Å². The Hall–Kier alpha value is -4.04. The summed E-state index contributed by atoms with van der Waals surface area (Å²) < 4.78 is 0. The van der Waals surface area contributed by atoms with Crippen LogP contribution >= 0.6 is 0 Å². The van der Waals surface area contributed by atoms with Gasteiger partial charge in [-0.2, -0.15) is 0 Å². The summed E-state index contributed by atoms with van der Waals surface area (Å²) in [5.41, 5.74) is 3.66. The lowest BCUT2D eigenvalue weighted by atomic mass is 10.1. The predicted octanol–water partition coefficient (Wildman–Crippen LogP) is 5.85. The number of nitrogens with one attached hydrogen (secondary N) is 3. The van der Waals surface area contributed by atoms with E-state index in [0.717, 1.165) is 29.8 Å². The number of anilines is 2. The molecule has 0 bridgehead atoms. The average molecular weight is 543 g/mol. The minimum Gasteiger partial charge on any atom is -0.370 e. The number of benzene rings is 1. The molecule has 0 saturated carbocycles. The Morgan fingerprint density at radius 2 is 1.70 bits per heavy atom. The third-order valence-electron chi connectivity index (χ3n) is 6.57. The van der Waals surface area contributed by atoms with Crippen molar-refractivity contribution in [3.8, 4) is 11.3 Å². The van der Waals surface area contributed by atoms with E-state index in [1.54, 1.807) is 18.5 Å². The van der Waals surface area contributed by atoms with Crippen LogP contribution in [-0.4, -0.2) is 57.9 Å². The number of carbonyl (C=O) groups excluding carboxylic acids is 2. The fourth-order valence-corrected chi connectivity index (χ4v) is 4.49. The highest BCUT2D eigenvalue weighted by Gasteiger charge is 2.18. The lowest BCUT2D eigenvalue weighted by Gasteiger charge is -2.31. The molecule has 0 aliphatic rings. The first-order valence-corrected chi connectivity index (χ1v) is 14.0. The van der Waals surface area contributed by atoms with Crippen molar-refractivity contribution < 1.29 is 9.59 Å². The van der Waals surface area contributed by atoms with Gasteiger partial charge in [-0.15, -0.1) is 0 Å². The molecule has 0 fully saturated rings. The largest absolute Gasteiger partial charge is 0.370 e. The molecule has 0 aliphatic carbocycles. The van der Waals surface area contributed by atoms with Gasteiger partial charge in [0, 0.05) is 60.9 Å². The van der Waals surface area contributed by atoms with Gasteiger partial charge in [-0.1, -0.05) is 18.2 Å². The van der Waals surface area contributed by atoms with Gasteiger partial charge in [-0.05, 0) is 89.9 Å². The fourth-order valence-electron chi connectivity index (χ4n) is 4.49. The summed E-state index contributed by atoms with van der Waals surface area (Å²) in [5, 5.41) is 9.23. The van der Waals surface area contributed by atoms with E-state index in [2.05, 4.69) is 53.5 Å². The monoisotopic (exact) mass is 542 g/mol. The first-order valence-electron chi connectivity index (χ1n) is 14.0. The Balaban J connectivity index is 1.65. The molecule has 3 rings (SSSR count). The third-order valence-corrected chi connectivity index (χ3v) is 6.57. The number of hydrogen-bond acceptors (Lipinski definition) is 6. The van der Waals surface area contributed by atoms with Gasteiger partial charge in [0.2, 0.25) is 5.91 Å². The summed E-state index contributed by atoms with van der Waals surface area (Å²) in [4.78, 5) is 36.7. The van der Waals surface area contributed by atoms with E-state index in [1.807, 2.05) is 62.4 Å². The summed E-state index contributed by atoms with van der Waals surface area (Å²) in [6.07, 6.45) is 7.44. The molecule has 8 nitrogen and oxygen atoms in total. The minimum atomic E-state index is -0.227. The van der Waals surface area contributed by atoms with E-state index in [-0.39, 0.29) is 17.9 Å². The van der Waals surface area contributed by atoms with Crippen molar-refractivity contribution in [1.82, 2.24) is 20.2 Å². The Bertz CT molecular complexity index is 1260. The first kappa shape index (κ1) is 30.5. The molecule has 0 radical (unpaired) electrons. The zero-order chi connectivity index (χ0) is 29.1. The van der Waals surface area contributed by atoms with Crippen molar-refractivity contribution in [3.05, 3.63) is 78.1 Å². The summed E-state index contributed by atoms with van der Waals surface area (Å²) >= 11 is 0. The fraction of sp³-hybridized carbons (Fsp3) is 0.375. The van der Waals surface area contributed by atoms with Crippen LogP contribution in [-0.2, 0) is 4.79 Å². The van der Waals surface area contributed by atoms with Gasteiger partial charge in [-0.25, -0.2) is 4.98 Å². The van der Waals surface area contributed by atoms with Crippen LogP contribution in [0.3, 0.4) is 0 Å². The molecule has 0 saturated heterocycles. The molecule has 2 heterocycles. The first-order chi connectivity index (χ1) is 19.2. The summed E-state index contributed by atoms with van der Waals surface area (Å²) in [6, 6.07) is 15.8. The number of nitrogens with zero attached hydrogens (tertiary/aromatic N) is 3. The molecule has 2 amide bonds. The van der Waals surface area contributed by atoms with Crippen molar-refractivity contribution in [2.75, 3.05) is 23.7 Å². The van der Waals surface area contributed by atoms with Gasteiger partial charge >= 0.3 is 0 Å². The van der Waals surface area contributed by atoms with Crippen LogP contribution < -0.4 is 16.0 Å². The van der Waals surface area contributed by atoms with Crippen LogP contribution in [0.15, 0.2) is 67.0 Å². The third kappa shape index (κ3) is 9.02. The summed E-state index contributed by atoms with van der Waals surface area (Å²) in [5.74, 6) is 0.184. The Kier molecular flexibility index (Phi) is 11.4. The number of rotatable bonds is 13. The molecular weight excluding hydrogens is 500 g/mol. The van der Waals surface area contributed by atoms with Crippen molar-refractivity contribution >= 4 is 29.4 Å². The van der Waals surface area contributed by atoms with Gasteiger partial charge in [-0.3, -0.25) is 19.5 Å². The van der Waals surface area contributed by atoms with Crippen LogP contribution in [0.1, 0.15) is 63.9 Å².